The van der Waals surface area contributed by atoms with Gasteiger partial charge in [0.05, 0.1) is 10.6 Å². The van der Waals surface area contributed by atoms with Crippen LogP contribution in [0.4, 0.5) is 0 Å². The smallest absolute Gasteiger partial charge is 0.179 e. The molecule has 1 aromatic rings. The molecule has 0 aliphatic heterocycles. The first kappa shape index (κ1) is 15.8. The SMILES string of the molecule is N/C(=N/O)c1cccc(S(=O)(=O)CCNC2CCCC2)c1. The Labute approximate surface area is 125 Å². The molecule has 0 unspecified atom stereocenters. The van der Waals surface area contributed by atoms with E-state index in [1.165, 1.54) is 25.0 Å². The van der Waals surface area contributed by atoms with Gasteiger partial charge in [-0.3, -0.25) is 0 Å². The zero-order valence-corrected chi connectivity index (χ0v) is 12.6. The normalized spacial score (nSPS) is 17.2. The summed E-state index contributed by atoms with van der Waals surface area (Å²) in [4.78, 5) is 0.194. The third kappa shape index (κ3) is 4.18. The summed E-state index contributed by atoms with van der Waals surface area (Å²) >= 11 is 0. The van der Waals surface area contributed by atoms with Crippen LogP contribution >= 0.6 is 0 Å². The highest BCUT2D eigenvalue weighted by Gasteiger charge is 2.18. The average Bonchev–Trinajstić information content (AvgIpc) is 2.99. The molecule has 1 aliphatic rings. The van der Waals surface area contributed by atoms with E-state index in [1.807, 2.05) is 0 Å². The summed E-state index contributed by atoms with van der Waals surface area (Å²) in [5.74, 6) is -0.0560. The second-order valence-corrected chi connectivity index (χ2v) is 7.38. The highest BCUT2D eigenvalue weighted by atomic mass is 32.2. The van der Waals surface area contributed by atoms with Gasteiger partial charge < -0.3 is 16.3 Å². The Morgan fingerprint density at radius 3 is 2.76 bits per heavy atom. The van der Waals surface area contributed by atoms with Crippen LogP contribution < -0.4 is 11.1 Å². The monoisotopic (exact) mass is 311 g/mol. The van der Waals surface area contributed by atoms with Gasteiger partial charge in [0.1, 0.15) is 0 Å². The Hall–Kier alpha value is -1.60. The first-order chi connectivity index (χ1) is 10.0. The first-order valence-corrected chi connectivity index (χ1v) is 8.72. The molecule has 1 saturated carbocycles. The lowest BCUT2D eigenvalue weighted by atomic mass is 10.2. The highest BCUT2D eigenvalue weighted by molar-refractivity contribution is 7.91. The van der Waals surface area contributed by atoms with E-state index >= 15 is 0 Å². The largest absolute Gasteiger partial charge is 0.409 e. The van der Waals surface area contributed by atoms with Gasteiger partial charge in [-0.15, -0.1) is 0 Å². The van der Waals surface area contributed by atoms with Crippen LogP contribution in [0, 0.1) is 0 Å². The first-order valence-electron chi connectivity index (χ1n) is 7.07. The van der Waals surface area contributed by atoms with Crippen LogP contribution in [0.25, 0.3) is 0 Å². The van der Waals surface area contributed by atoms with E-state index in [2.05, 4.69) is 10.5 Å². The topological polar surface area (TPSA) is 105 Å². The summed E-state index contributed by atoms with van der Waals surface area (Å²) in [5, 5.41) is 14.8. The molecule has 21 heavy (non-hydrogen) atoms. The lowest BCUT2D eigenvalue weighted by Crippen LogP contribution is -2.31. The van der Waals surface area contributed by atoms with Crippen LogP contribution in [0.2, 0.25) is 0 Å². The maximum Gasteiger partial charge on any atom is 0.179 e. The molecule has 7 heteroatoms. The standard InChI is InChI=1S/C14H21N3O3S/c15-14(17-18)11-4-3-7-13(10-11)21(19,20)9-8-16-12-5-1-2-6-12/h3-4,7,10,12,16,18H,1-2,5-6,8-9H2,(H2,15,17). The van der Waals surface area contributed by atoms with Gasteiger partial charge in [-0.25, -0.2) is 8.42 Å². The van der Waals surface area contributed by atoms with Gasteiger partial charge in [-0.2, -0.15) is 0 Å². The molecule has 4 N–H and O–H groups in total. The maximum absolute atomic E-state index is 12.3. The van der Waals surface area contributed by atoms with E-state index in [0.717, 1.165) is 12.8 Å². The van der Waals surface area contributed by atoms with Crippen LogP contribution in [0.3, 0.4) is 0 Å². The maximum atomic E-state index is 12.3. The van der Waals surface area contributed by atoms with Crippen LogP contribution in [-0.4, -0.2) is 37.8 Å². The van der Waals surface area contributed by atoms with Crippen LogP contribution in [0.5, 0.6) is 0 Å². The van der Waals surface area contributed by atoms with Crippen molar-refractivity contribution in [1.29, 1.82) is 0 Å². The molecule has 0 heterocycles. The van der Waals surface area contributed by atoms with Crippen molar-refractivity contribution in [1.82, 2.24) is 5.32 Å². The summed E-state index contributed by atoms with van der Waals surface area (Å²) in [7, 11) is -3.37. The minimum absolute atomic E-state index is 0.0448. The van der Waals surface area contributed by atoms with E-state index in [1.54, 1.807) is 12.1 Å². The molecule has 0 radical (unpaired) electrons. The predicted octanol–water partition coefficient (Wildman–Crippen LogP) is 1.09. The number of rotatable bonds is 6. The molecule has 0 spiro atoms. The number of benzene rings is 1. The van der Waals surface area contributed by atoms with Crippen molar-refractivity contribution in [2.75, 3.05) is 12.3 Å². The lowest BCUT2D eigenvalue weighted by Gasteiger charge is -2.12. The summed E-state index contributed by atoms with van der Waals surface area (Å²) in [6, 6.07) is 6.60. The van der Waals surface area contributed by atoms with Crippen molar-refractivity contribution >= 4 is 15.7 Å². The molecule has 0 bridgehead atoms. The molecule has 0 saturated heterocycles. The number of nitrogens with one attached hydrogen (secondary N) is 1. The molecule has 116 valence electrons. The van der Waals surface area contributed by atoms with Gasteiger partial charge in [0.25, 0.3) is 0 Å². The number of nitrogens with two attached hydrogens (primary N) is 1. The Morgan fingerprint density at radius 2 is 2.10 bits per heavy atom. The van der Waals surface area contributed by atoms with Gasteiger partial charge >= 0.3 is 0 Å². The van der Waals surface area contributed by atoms with Crippen molar-refractivity contribution in [2.24, 2.45) is 10.9 Å². The minimum atomic E-state index is -3.37. The van der Waals surface area contributed by atoms with Crippen LogP contribution in [-0.2, 0) is 9.84 Å². The number of oxime groups is 1. The summed E-state index contributed by atoms with van der Waals surface area (Å²) in [5.41, 5.74) is 5.87. The average molecular weight is 311 g/mol. The third-order valence-electron chi connectivity index (χ3n) is 3.76. The molecule has 1 aromatic carbocycles. The Kier molecular flexibility index (Phi) is 5.19. The van der Waals surface area contributed by atoms with Crippen molar-refractivity contribution in [3.05, 3.63) is 29.8 Å². The van der Waals surface area contributed by atoms with Crippen molar-refractivity contribution < 1.29 is 13.6 Å². The Balaban J connectivity index is 2.01. The fraction of sp³-hybridized carbons (Fsp3) is 0.500. The number of amidine groups is 1. The molecular weight excluding hydrogens is 290 g/mol. The zero-order chi connectivity index (χ0) is 15.3. The fourth-order valence-corrected chi connectivity index (χ4v) is 3.77. The quantitative estimate of drug-likeness (QED) is 0.316. The lowest BCUT2D eigenvalue weighted by molar-refractivity contribution is 0.318. The number of nitrogens with zero attached hydrogens (tertiary/aromatic N) is 1. The molecule has 1 fully saturated rings. The Morgan fingerprint density at radius 1 is 1.38 bits per heavy atom. The van der Waals surface area contributed by atoms with E-state index in [0.29, 0.717) is 18.2 Å². The van der Waals surface area contributed by atoms with Crippen molar-refractivity contribution in [3.63, 3.8) is 0 Å². The molecule has 0 atom stereocenters. The van der Waals surface area contributed by atoms with E-state index in [-0.39, 0.29) is 16.5 Å². The second-order valence-electron chi connectivity index (χ2n) is 5.27. The molecular formula is C14H21N3O3S. The van der Waals surface area contributed by atoms with E-state index in [9.17, 15) is 8.42 Å². The van der Waals surface area contributed by atoms with Gasteiger partial charge in [0, 0.05) is 18.2 Å². The molecule has 0 amide bonds. The summed E-state index contributed by atoms with van der Waals surface area (Å²) < 4.78 is 24.6. The fourth-order valence-electron chi connectivity index (χ4n) is 2.55. The molecule has 6 nitrogen and oxygen atoms in total. The second kappa shape index (κ2) is 6.91. The summed E-state index contributed by atoms with van der Waals surface area (Å²) in [6.07, 6.45) is 4.68. The minimum Gasteiger partial charge on any atom is -0.409 e. The van der Waals surface area contributed by atoms with E-state index < -0.39 is 9.84 Å². The molecule has 1 aliphatic carbocycles. The number of hydrogen-bond donors (Lipinski definition) is 3. The van der Waals surface area contributed by atoms with Gasteiger partial charge in [-0.1, -0.05) is 30.1 Å². The van der Waals surface area contributed by atoms with Crippen molar-refractivity contribution in [3.8, 4) is 0 Å². The van der Waals surface area contributed by atoms with Gasteiger partial charge in [-0.05, 0) is 25.0 Å². The highest BCUT2D eigenvalue weighted by Crippen LogP contribution is 2.18. The third-order valence-corrected chi connectivity index (χ3v) is 5.47. The molecule has 0 aromatic heterocycles. The van der Waals surface area contributed by atoms with Gasteiger partial charge in [0.15, 0.2) is 15.7 Å². The Bertz CT molecular complexity index is 608. The molecule has 2 rings (SSSR count). The van der Waals surface area contributed by atoms with Crippen molar-refractivity contribution in [2.45, 2.75) is 36.6 Å². The van der Waals surface area contributed by atoms with Crippen LogP contribution in [0.1, 0.15) is 31.2 Å². The summed E-state index contributed by atoms with van der Waals surface area (Å²) in [6.45, 7) is 0.445. The van der Waals surface area contributed by atoms with Crippen LogP contribution in [0.15, 0.2) is 34.3 Å². The zero-order valence-electron chi connectivity index (χ0n) is 11.8. The number of hydrogen-bond acceptors (Lipinski definition) is 5. The predicted molar refractivity (Wildman–Crippen MR) is 81.3 cm³/mol. The van der Waals surface area contributed by atoms with E-state index in [4.69, 9.17) is 10.9 Å². The number of sulfone groups is 1. The van der Waals surface area contributed by atoms with Gasteiger partial charge in [0.2, 0.25) is 0 Å².